The molecule has 1 N–H and O–H groups in total. The van der Waals surface area contributed by atoms with Crippen molar-refractivity contribution in [1.29, 1.82) is 0 Å². The van der Waals surface area contributed by atoms with Crippen molar-refractivity contribution < 1.29 is 9.32 Å². The molecule has 2 aromatic heterocycles. The number of likely N-dealkylation sites (tertiary alicyclic amines) is 1. The summed E-state index contributed by atoms with van der Waals surface area (Å²) < 4.78 is 5.07. The van der Waals surface area contributed by atoms with E-state index >= 15 is 0 Å². The lowest BCUT2D eigenvalue weighted by Gasteiger charge is -2.15. The van der Waals surface area contributed by atoms with Gasteiger partial charge in [0.05, 0.1) is 12.1 Å². The summed E-state index contributed by atoms with van der Waals surface area (Å²) in [6.07, 6.45) is 2.82. The van der Waals surface area contributed by atoms with Gasteiger partial charge in [-0.2, -0.15) is 5.10 Å². The van der Waals surface area contributed by atoms with Crippen molar-refractivity contribution in [2.75, 3.05) is 13.1 Å². The average molecular weight is 343 g/mol. The molecule has 7 nitrogen and oxygen atoms in total. The maximum absolute atomic E-state index is 12.7. The molecule has 3 heterocycles. The maximum Gasteiger partial charge on any atom is 0.228 e. The first kappa shape index (κ1) is 16.3. The number of amides is 1. The zero-order valence-electron chi connectivity index (χ0n) is 15.0. The van der Waals surface area contributed by atoms with Gasteiger partial charge in [0.25, 0.3) is 0 Å². The molecule has 7 heteroatoms. The van der Waals surface area contributed by atoms with Crippen LogP contribution in [0.15, 0.2) is 10.6 Å². The van der Waals surface area contributed by atoms with E-state index in [1.54, 1.807) is 0 Å². The third-order valence-electron chi connectivity index (χ3n) is 5.34. The fourth-order valence-electron chi connectivity index (χ4n) is 3.80. The largest absolute Gasteiger partial charge is 0.361 e. The van der Waals surface area contributed by atoms with Crippen LogP contribution in [0.25, 0.3) is 0 Å². The molecule has 1 aliphatic heterocycles. The van der Waals surface area contributed by atoms with Crippen LogP contribution in [-0.4, -0.2) is 44.2 Å². The van der Waals surface area contributed by atoms with Gasteiger partial charge in [0, 0.05) is 31.0 Å². The third-order valence-corrected chi connectivity index (χ3v) is 5.34. The Hall–Kier alpha value is -2.18. The van der Waals surface area contributed by atoms with Crippen LogP contribution >= 0.6 is 0 Å². The molecule has 2 aromatic rings. The molecule has 0 spiro atoms. The molecule has 25 heavy (non-hydrogen) atoms. The molecule has 1 amide bonds. The van der Waals surface area contributed by atoms with E-state index in [0.29, 0.717) is 36.4 Å². The van der Waals surface area contributed by atoms with Gasteiger partial charge in [0.2, 0.25) is 5.91 Å². The molecule has 0 bridgehead atoms. The lowest BCUT2D eigenvalue weighted by atomic mass is 9.91. The Morgan fingerprint density at radius 1 is 1.40 bits per heavy atom. The van der Waals surface area contributed by atoms with Crippen LogP contribution in [0.5, 0.6) is 0 Å². The minimum absolute atomic E-state index is 0.116. The van der Waals surface area contributed by atoms with Gasteiger partial charge in [0.1, 0.15) is 11.6 Å². The van der Waals surface area contributed by atoms with Crippen molar-refractivity contribution in [3.05, 3.63) is 29.2 Å². The summed E-state index contributed by atoms with van der Waals surface area (Å²) in [4.78, 5) is 19.4. The number of carbonyl (C=O) groups is 1. The minimum atomic E-state index is 0.116. The normalized spacial score (nSPS) is 23.6. The number of aryl methyl sites for hydroxylation is 1. The predicted octanol–water partition coefficient (Wildman–Crippen LogP) is 2.42. The number of carbonyl (C=O) groups excluding carboxylic acids is 1. The third kappa shape index (κ3) is 3.32. The smallest absolute Gasteiger partial charge is 0.228 e. The Morgan fingerprint density at radius 3 is 2.80 bits per heavy atom. The number of aromatic amines is 1. The van der Waals surface area contributed by atoms with E-state index in [-0.39, 0.29) is 11.8 Å². The number of H-pyrrole nitrogens is 1. The van der Waals surface area contributed by atoms with Gasteiger partial charge in [-0.05, 0) is 31.6 Å². The highest BCUT2D eigenvalue weighted by Crippen LogP contribution is 2.47. The summed E-state index contributed by atoms with van der Waals surface area (Å²) >= 11 is 0. The van der Waals surface area contributed by atoms with E-state index in [2.05, 4.69) is 29.2 Å². The molecular formula is C18H25N5O2. The van der Waals surface area contributed by atoms with Crippen LogP contribution in [0.4, 0.5) is 0 Å². The number of nitrogens with one attached hydrogen (secondary N) is 1. The molecule has 134 valence electrons. The number of rotatable bonds is 5. The second-order valence-corrected chi connectivity index (χ2v) is 7.75. The van der Waals surface area contributed by atoms with E-state index in [0.717, 1.165) is 24.0 Å². The fraction of sp³-hybridized carbons (Fsp3) is 0.667. The Morgan fingerprint density at radius 2 is 2.20 bits per heavy atom. The van der Waals surface area contributed by atoms with Crippen molar-refractivity contribution in [3.63, 3.8) is 0 Å². The van der Waals surface area contributed by atoms with E-state index in [1.165, 1.54) is 12.8 Å². The van der Waals surface area contributed by atoms with Crippen LogP contribution in [0.2, 0.25) is 0 Å². The molecule has 1 aliphatic carbocycles. The second kappa shape index (κ2) is 6.28. The molecule has 1 saturated heterocycles. The predicted molar refractivity (Wildman–Crippen MR) is 91.0 cm³/mol. The molecule has 4 rings (SSSR count). The van der Waals surface area contributed by atoms with E-state index in [4.69, 9.17) is 9.51 Å². The molecule has 2 atom stereocenters. The SMILES string of the molecule is Cc1cc(CC(=O)N2C[C@H](c3nc(C(C)C)n[nH]3)[C@@H](C3CC3)C2)no1. The van der Waals surface area contributed by atoms with Gasteiger partial charge in [-0.1, -0.05) is 19.0 Å². The average Bonchev–Trinajstić information content (AvgIpc) is 3.00. The van der Waals surface area contributed by atoms with Crippen LogP contribution in [-0.2, 0) is 11.2 Å². The van der Waals surface area contributed by atoms with Crippen molar-refractivity contribution in [1.82, 2.24) is 25.2 Å². The van der Waals surface area contributed by atoms with Crippen molar-refractivity contribution in [3.8, 4) is 0 Å². The first-order chi connectivity index (χ1) is 12.0. The molecule has 0 unspecified atom stereocenters. The quantitative estimate of drug-likeness (QED) is 0.901. The van der Waals surface area contributed by atoms with Gasteiger partial charge in [-0.15, -0.1) is 0 Å². The van der Waals surface area contributed by atoms with E-state index in [9.17, 15) is 4.79 Å². The first-order valence-electron chi connectivity index (χ1n) is 9.13. The summed E-state index contributed by atoms with van der Waals surface area (Å²) in [6, 6.07) is 1.83. The Labute approximate surface area is 147 Å². The molecule has 2 aliphatic rings. The molecule has 1 saturated carbocycles. The number of nitrogens with zero attached hydrogens (tertiary/aromatic N) is 4. The minimum Gasteiger partial charge on any atom is -0.361 e. The number of hydrogen-bond acceptors (Lipinski definition) is 5. The molecule has 0 radical (unpaired) electrons. The van der Waals surface area contributed by atoms with Gasteiger partial charge in [-0.3, -0.25) is 9.89 Å². The lowest BCUT2D eigenvalue weighted by molar-refractivity contribution is -0.129. The van der Waals surface area contributed by atoms with Gasteiger partial charge in [-0.25, -0.2) is 4.98 Å². The van der Waals surface area contributed by atoms with Crippen molar-refractivity contribution in [2.24, 2.45) is 11.8 Å². The highest BCUT2D eigenvalue weighted by molar-refractivity contribution is 5.78. The zero-order valence-corrected chi connectivity index (χ0v) is 15.0. The van der Waals surface area contributed by atoms with Crippen molar-refractivity contribution >= 4 is 5.91 Å². The monoisotopic (exact) mass is 343 g/mol. The summed E-state index contributed by atoms with van der Waals surface area (Å²) in [5.41, 5.74) is 0.704. The lowest BCUT2D eigenvalue weighted by Crippen LogP contribution is -2.30. The topological polar surface area (TPSA) is 87.9 Å². The fourth-order valence-corrected chi connectivity index (χ4v) is 3.80. The first-order valence-corrected chi connectivity index (χ1v) is 9.13. The van der Waals surface area contributed by atoms with Crippen LogP contribution in [0.3, 0.4) is 0 Å². The number of hydrogen-bond donors (Lipinski definition) is 1. The highest BCUT2D eigenvalue weighted by atomic mass is 16.5. The summed E-state index contributed by atoms with van der Waals surface area (Å²) in [7, 11) is 0. The van der Waals surface area contributed by atoms with Crippen molar-refractivity contribution in [2.45, 2.75) is 51.9 Å². The molecular weight excluding hydrogens is 318 g/mol. The van der Waals surface area contributed by atoms with Gasteiger partial charge >= 0.3 is 0 Å². The Kier molecular flexibility index (Phi) is 4.09. The summed E-state index contributed by atoms with van der Waals surface area (Å²) in [5, 5.41) is 11.4. The summed E-state index contributed by atoms with van der Waals surface area (Å²) in [6.45, 7) is 7.55. The molecule has 2 fully saturated rings. The van der Waals surface area contributed by atoms with Crippen LogP contribution in [0.1, 0.15) is 61.6 Å². The zero-order chi connectivity index (χ0) is 17.6. The van der Waals surface area contributed by atoms with Gasteiger partial charge in [0.15, 0.2) is 5.82 Å². The molecule has 0 aromatic carbocycles. The highest BCUT2D eigenvalue weighted by Gasteiger charge is 2.45. The second-order valence-electron chi connectivity index (χ2n) is 7.75. The van der Waals surface area contributed by atoms with Gasteiger partial charge < -0.3 is 9.42 Å². The van der Waals surface area contributed by atoms with Crippen LogP contribution in [0, 0.1) is 18.8 Å². The van der Waals surface area contributed by atoms with E-state index < -0.39 is 0 Å². The standard InChI is InChI=1S/C18H25N5O2/c1-10(2)17-19-18(21-20-17)15-9-23(8-14(15)12-4-5-12)16(24)7-13-6-11(3)25-22-13/h6,10,12,14-15H,4-5,7-9H2,1-3H3,(H,19,20,21)/t14-,15+/m1/s1. The summed E-state index contributed by atoms with van der Waals surface area (Å²) in [5.74, 6) is 4.40. The maximum atomic E-state index is 12.7. The Bertz CT molecular complexity index is 761. The van der Waals surface area contributed by atoms with Crippen LogP contribution < -0.4 is 0 Å². The number of aromatic nitrogens is 4. The Balaban J connectivity index is 1.49. The van der Waals surface area contributed by atoms with E-state index in [1.807, 2.05) is 17.9 Å².